The van der Waals surface area contributed by atoms with Crippen molar-refractivity contribution < 1.29 is 9.18 Å². The summed E-state index contributed by atoms with van der Waals surface area (Å²) in [5.74, 6) is -0.396. The molecule has 2 N–H and O–H groups in total. The van der Waals surface area contributed by atoms with E-state index in [1.807, 2.05) is 43.3 Å². The number of anilines is 1. The van der Waals surface area contributed by atoms with Crippen molar-refractivity contribution in [3.8, 4) is 0 Å². The lowest BCUT2D eigenvalue weighted by molar-refractivity contribution is -0.117. The summed E-state index contributed by atoms with van der Waals surface area (Å²) in [5.41, 5.74) is 1.57. The van der Waals surface area contributed by atoms with Crippen LogP contribution in [-0.2, 0) is 4.79 Å². The van der Waals surface area contributed by atoms with Crippen LogP contribution < -0.4 is 10.6 Å². The molecule has 2 aromatic carbocycles. The van der Waals surface area contributed by atoms with Gasteiger partial charge in [0.25, 0.3) is 0 Å². The minimum Gasteiger partial charge on any atom is -0.325 e. The van der Waals surface area contributed by atoms with Gasteiger partial charge in [0.05, 0.1) is 6.04 Å². The lowest BCUT2D eigenvalue weighted by Gasteiger charge is -2.20. The van der Waals surface area contributed by atoms with E-state index in [4.69, 9.17) is 0 Å². The summed E-state index contributed by atoms with van der Waals surface area (Å²) in [7, 11) is 0. The van der Waals surface area contributed by atoms with Crippen molar-refractivity contribution in [2.45, 2.75) is 25.9 Å². The quantitative estimate of drug-likeness (QED) is 0.883. The Bertz CT molecular complexity index is 601. The molecule has 1 amide bonds. The molecular weight excluding hydrogens is 267 g/mol. The average molecular weight is 286 g/mol. The number of rotatable bonds is 5. The number of amides is 1. The Hall–Kier alpha value is -2.20. The number of benzene rings is 2. The fourth-order valence-electron chi connectivity index (χ4n) is 2.09. The van der Waals surface area contributed by atoms with Gasteiger partial charge in [-0.15, -0.1) is 0 Å². The van der Waals surface area contributed by atoms with Crippen LogP contribution in [0.2, 0.25) is 0 Å². The predicted molar refractivity (Wildman–Crippen MR) is 82.5 cm³/mol. The van der Waals surface area contributed by atoms with Gasteiger partial charge in [0.1, 0.15) is 5.82 Å². The Morgan fingerprint density at radius 1 is 1.05 bits per heavy atom. The van der Waals surface area contributed by atoms with Gasteiger partial charge in [-0.2, -0.15) is 0 Å². The molecule has 0 heterocycles. The largest absolute Gasteiger partial charge is 0.325 e. The Morgan fingerprint density at radius 2 is 1.76 bits per heavy atom. The van der Waals surface area contributed by atoms with Crippen LogP contribution in [0.3, 0.4) is 0 Å². The van der Waals surface area contributed by atoms with E-state index in [9.17, 15) is 9.18 Å². The lowest BCUT2D eigenvalue weighted by Crippen LogP contribution is -2.39. The smallest absolute Gasteiger partial charge is 0.241 e. The van der Waals surface area contributed by atoms with Gasteiger partial charge in [0.15, 0.2) is 0 Å². The van der Waals surface area contributed by atoms with E-state index in [0.717, 1.165) is 11.3 Å². The molecule has 0 spiro atoms. The molecule has 0 radical (unpaired) electrons. The minimum absolute atomic E-state index is 0.114. The van der Waals surface area contributed by atoms with Crippen LogP contribution in [-0.4, -0.2) is 11.9 Å². The van der Waals surface area contributed by atoms with E-state index in [0.29, 0.717) is 0 Å². The molecule has 0 bridgehead atoms. The van der Waals surface area contributed by atoms with E-state index < -0.39 is 0 Å². The molecule has 3 nitrogen and oxygen atoms in total. The molecule has 0 aromatic heterocycles. The highest BCUT2D eigenvalue weighted by Gasteiger charge is 2.16. The van der Waals surface area contributed by atoms with Crippen LogP contribution in [0, 0.1) is 5.82 Å². The van der Waals surface area contributed by atoms with Crippen molar-refractivity contribution in [2.24, 2.45) is 0 Å². The summed E-state index contributed by atoms with van der Waals surface area (Å²) in [6.07, 6.45) is 0. The standard InChI is InChI=1S/C17H19FN2O/c1-12(14-7-6-8-15(18)11-14)19-13(2)17(21)20-16-9-4-3-5-10-16/h3-13,19H,1-2H3,(H,20,21)/t12-,13?/m1/s1. The number of carbonyl (C=O) groups is 1. The first-order valence-electron chi connectivity index (χ1n) is 6.93. The number of hydrogen-bond acceptors (Lipinski definition) is 2. The van der Waals surface area contributed by atoms with Crippen LogP contribution in [0.15, 0.2) is 54.6 Å². The highest BCUT2D eigenvalue weighted by molar-refractivity contribution is 5.94. The Labute approximate surface area is 124 Å². The highest BCUT2D eigenvalue weighted by Crippen LogP contribution is 2.14. The van der Waals surface area contributed by atoms with E-state index in [-0.39, 0.29) is 23.8 Å². The second kappa shape index (κ2) is 6.99. The van der Waals surface area contributed by atoms with Crippen LogP contribution in [0.4, 0.5) is 10.1 Å². The van der Waals surface area contributed by atoms with Crippen molar-refractivity contribution in [1.82, 2.24) is 5.32 Å². The number of nitrogens with one attached hydrogen (secondary N) is 2. The molecule has 0 aliphatic heterocycles. The first-order chi connectivity index (χ1) is 10.1. The number of halogens is 1. The molecule has 0 saturated carbocycles. The molecule has 2 atom stereocenters. The van der Waals surface area contributed by atoms with Crippen LogP contribution in [0.5, 0.6) is 0 Å². The Kier molecular flexibility index (Phi) is 5.06. The van der Waals surface area contributed by atoms with Crippen LogP contribution in [0.25, 0.3) is 0 Å². The zero-order valence-electron chi connectivity index (χ0n) is 12.1. The zero-order valence-corrected chi connectivity index (χ0v) is 12.1. The first-order valence-corrected chi connectivity index (χ1v) is 6.93. The summed E-state index contributed by atoms with van der Waals surface area (Å²) in [5, 5.41) is 6.00. The second-order valence-corrected chi connectivity index (χ2v) is 5.02. The van der Waals surface area contributed by atoms with Crippen LogP contribution in [0.1, 0.15) is 25.5 Å². The molecule has 21 heavy (non-hydrogen) atoms. The third-order valence-corrected chi connectivity index (χ3v) is 3.28. The average Bonchev–Trinajstić information content (AvgIpc) is 2.48. The van der Waals surface area contributed by atoms with E-state index in [1.54, 1.807) is 13.0 Å². The molecule has 4 heteroatoms. The van der Waals surface area contributed by atoms with Gasteiger partial charge in [-0.05, 0) is 43.7 Å². The van der Waals surface area contributed by atoms with Gasteiger partial charge < -0.3 is 5.32 Å². The van der Waals surface area contributed by atoms with Gasteiger partial charge in [0.2, 0.25) is 5.91 Å². The summed E-state index contributed by atoms with van der Waals surface area (Å²) in [6.45, 7) is 3.69. The van der Waals surface area contributed by atoms with E-state index in [1.165, 1.54) is 12.1 Å². The maximum absolute atomic E-state index is 13.2. The predicted octanol–water partition coefficient (Wildman–Crippen LogP) is 3.50. The van der Waals surface area contributed by atoms with E-state index >= 15 is 0 Å². The SMILES string of the molecule is CC(N[C@H](C)c1cccc(F)c1)C(=O)Nc1ccccc1. The summed E-state index contributed by atoms with van der Waals surface area (Å²) < 4.78 is 13.2. The molecule has 0 saturated heterocycles. The third-order valence-electron chi connectivity index (χ3n) is 3.28. The second-order valence-electron chi connectivity index (χ2n) is 5.02. The topological polar surface area (TPSA) is 41.1 Å². The first kappa shape index (κ1) is 15.2. The monoisotopic (exact) mass is 286 g/mol. The maximum Gasteiger partial charge on any atom is 0.241 e. The molecule has 0 aliphatic rings. The fourth-order valence-corrected chi connectivity index (χ4v) is 2.09. The molecule has 1 unspecified atom stereocenters. The number of hydrogen-bond donors (Lipinski definition) is 2. The number of carbonyl (C=O) groups excluding carboxylic acids is 1. The van der Waals surface area contributed by atoms with Crippen LogP contribution >= 0.6 is 0 Å². The van der Waals surface area contributed by atoms with Crippen molar-refractivity contribution >= 4 is 11.6 Å². The van der Waals surface area contributed by atoms with Gasteiger partial charge in [-0.25, -0.2) is 4.39 Å². The molecular formula is C17H19FN2O. The summed E-state index contributed by atoms with van der Waals surface area (Å²) in [6, 6.07) is 15.2. The lowest BCUT2D eigenvalue weighted by atomic mass is 10.1. The normalized spacial score (nSPS) is 13.5. The Morgan fingerprint density at radius 3 is 2.43 bits per heavy atom. The van der Waals surface area contributed by atoms with Crippen molar-refractivity contribution in [3.05, 3.63) is 66.0 Å². The van der Waals surface area contributed by atoms with Gasteiger partial charge in [-0.3, -0.25) is 10.1 Å². The zero-order chi connectivity index (χ0) is 15.2. The van der Waals surface area contributed by atoms with Gasteiger partial charge in [-0.1, -0.05) is 30.3 Å². The maximum atomic E-state index is 13.2. The van der Waals surface area contributed by atoms with Crippen molar-refractivity contribution in [3.63, 3.8) is 0 Å². The van der Waals surface area contributed by atoms with E-state index in [2.05, 4.69) is 10.6 Å². The fraction of sp³-hybridized carbons (Fsp3) is 0.235. The molecule has 110 valence electrons. The molecule has 0 aliphatic carbocycles. The number of para-hydroxylation sites is 1. The molecule has 0 fully saturated rings. The Balaban J connectivity index is 1.94. The van der Waals surface area contributed by atoms with Gasteiger partial charge in [0, 0.05) is 11.7 Å². The van der Waals surface area contributed by atoms with Crippen molar-refractivity contribution in [2.75, 3.05) is 5.32 Å². The minimum atomic E-state index is -0.386. The highest BCUT2D eigenvalue weighted by atomic mass is 19.1. The molecule has 2 aromatic rings. The third kappa shape index (κ3) is 4.39. The van der Waals surface area contributed by atoms with Gasteiger partial charge >= 0.3 is 0 Å². The summed E-state index contributed by atoms with van der Waals surface area (Å²) >= 11 is 0. The van der Waals surface area contributed by atoms with Crippen molar-refractivity contribution in [1.29, 1.82) is 0 Å². The molecule has 2 rings (SSSR count). The summed E-state index contributed by atoms with van der Waals surface area (Å²) in [4.78, 5) is 12.1.